The van der Waals surface area contributed by atoms with E-state index in [1.54, 1.807) is 17.3 Å². The van der Waals surface area contributed by atoms with Crippen LogP contribution in [-0.2, 0) is 0 Å². The van der Waals surface area contributed by atoms with Crippen molar-refractivity contribution >= 4 is 5.95 Å². The molecular formula is C25H34N10. The summed E-state index contributed by atoms with van der Waals surface area (Å²) in [6.07, 6.45) is 8.16. The molecule has 2 aliphatic rings. The fourth-order valence-electron chi connectivity index (χ4n) is 5.13. The molecule has 0 radical (unpaired) electrons. The first-order chi connectivity index (χ1) is 17.2. The lowest BCUT2D eigenvalue weighted by atomic mass is 9.93. The van der Waals surface area contributed by atoms with Crippen molar-refractivity contribution in [2.24, 2.45) is 0 Å². The number of aromatic nitrogens is 8. The van der Waals surface area contributed by atoms with Crippen LogP contribution in [0.3, 0.4) is 0 Å². The van der Waals surface area contributed by atoms with Gasteiger partial charge >= 0.3 is 0 Å². The Morgan fingerprint density at radius 2 is 1.40 bits per heavy atom. The van der Waals surface area contributed by atoms with Gasteiger partial charge in [0.2, 0.25) is 5.95 Å². The molecule has 0 amide bonds. The molecule has 2 aliphatic heterocycles. The Hall–Kier alpha value is -3.53. The van der Waals surface area contributed by atoms with Gasteiger partial charge in [0, 0.05) is 36.3 Å². The van der Waals surface area contributed by atoms with Gasteiger partial charge < -0.3 is 20.2 Å². The first kappa shape index (κ1) is 23.2. The second kappa shape index (κ2) is 10.8. The fraction of sp³-hybridized carbons (Fsp3) is 0.480. The van der Waals surface area contributed by atoms with Crippen LogP contribution in [0.15, 0.2) is 43.0 Å². The maximum atomic E-state index is 4.47. The Bertz CT molecular complexity index is 1180. The van der Waals surface area contributed by atoms with Crippen LogP contribution in [0, 0.1) is 13.8 Å². The zero-order chi connectivity index (χ0) is 24.0. The quantitative estimate of drug-likeness (QED) is 0.416. The fourth-order valence-corrected chi connectivity index (χ4v) is 5.13. The number of para-hydroxylation sites is 1. The van der Waals surface area contributed by atoms with Crippen LogP contribution in [0.25, 0.3) is 5.69 Å². The van der Waals surface area contributed by atoms with Gasteiger partial charge in [-0.25, -0.2) is 9.97 Å². The van der Waals surface area contributed by atoms with Crippen LogP contribution in [-0.4, -0.2) is 66.3 Å². The minimum absolute atomic E-state index is 0.513. The smallest absolute Gasteiger partial charge is 0.250 e. The third-order valence-corrected chi connectivity index (χ3v) is 7.08. The van der Waals surface area contributed by atoms with Gasteiger partial charge in [0.1, 0.15) is 0 Å². The molecule has 0 saturated carbocycles. The molecule has 0 aliphatic carbocycles. The lowest BCUT2D eigenvalue weighted by molar-refractivity contribution is 0.453. The second-order valence-electron chi connectivity index (χ2n) is 9.34. The Morgan fingerprint density at radius 1 is 0.800 bits per heavy atom. The van der Waals surface area contributed by atoms with E-state index in [4.69, 9.17) is 0 Å². The number of hydrogen-bond donors (Lipinski definition) is 3. The van der Waals surface area contributed by atoms with E-state index in [-0.39, 0.29) is 0 Å². The zero-order valence-electron chi connectivity index (χ0n) is 20.5. The predicted molar refractivity (Wildman–Crippen MR) is 135 cm³/mol. The van der Waals surface area contributed by atoms with Gasteiger partial charge in [0.25, 0.3) is 0 Å². The molecular weight excluding hydrogens is 440 g/mol. The molecule has 0 unspecified atom stereocenters. The molecule has 4 aromatic rings. The van der Waals surface area contributed by atoms with Crippen molar-refractivity contribution in [1.29, 1.82) is 0 Å². The SMILES string of the molecule is Cc1[nH]cnc1C1CCN(c2nnnn2-c2ccccc2)CC1.Cc1[nH]cnc1C1CCNCC1. The Morgan fingerprint density at radius 3 is 1.97 bits per heavy atom. The van der Waals surface area contributed by atoms with Gasteiger partial charge in [-0.2, -0.15) is 4.68 Å². The van der Waals surface area contributed by atoms with E-state index < -0.39 is 0 Å². The number of anilines is 1. The Labute approximate surface area is 205 Å². The summed E-state index contributed by atoms with van der Waals surface area (Å²) in [6.45, 7) is 8.33. The number of imidazole rings is 2. The van der Waals surface area contributed by atoms with Gasteiger partial charge in [0.15, 0.2) is 0 Å². The summed E-state index contributed by atoms with van der Waals surface area (Å²) in [5.74, 6) is 2.00. The number of rotatable bonds is 4. The largest absolute Gasteiger partial charge is 0.348 e. The maximum absolute atomic E-state index is 4.47. The third kappa shape index (κ3) is 5.27. The highest BCUT2D eigenvalue weighted by Gasteiger charge is 2.26. The minimum Gasteiger partial charge on any atom is -0.348 e. The Balaban J connectivity index is 0.000000178. The lowest BCUT2D eigenvalue weighted by Crippen LogP contribution is -2.35. The van der Waals surface area contributed by atoms with E-state index in [9.17, 15) is 0 Å². The zero-order valence-corrected chi connectivity index (χ0v) is 20.5. The molecule has 1 aromatic carbocycles. The first-order valence-electron chi connectivity index (χ1n) is 12.5. The van der Waals surface area contributed by atoms with Crippen LogP contribution < -0.4 is 10.2 Å². The highest BCUT2D eigenvalue weighted by atomic mass is 15.6. The molecule has 0 spiro atoms. The molecule has 2 fully saturated rings. The monoisotopic (exact) mass is 474 g/mol. The molecule has 6 rings (SSSR count). The van der Waals surface area contributed by atoms with E-state index >= 15 is 0 Å². The van der Waals surface area contributed by atoms with Crippen molar-refractivity contribution in [1.82, 2.24) is 45.5 Å². The van der Waals surface area contributed by atoms with Gasteiger partial charge in [-0.3, -0.25) is 0 Å². The number of hydrogen-bond acceptors (Lipinski definition) is 7. The molecule has 35 heavy (non-hydrogen) atoms. The predicted octanol–water partition coefficient (Wildman–Crippen LogP) is 3.26. The van der Waals surface area contributed by atoms with Crippen LogP contribution in [0.4, 0.5) is 5.95 Å². The number of nitrogens with one attached hydrogen (secondary N) is 3. The van der Waals surface area contributed by atoms with E-state index in [2.05, 4.69) is 59.5 Å². The lowest BCUT2D eigenvalue weighted by Gasteiger charge is -2.31. The average Bonchev–Trinajstić information content (AvgIpc) is 3.67. The molecule has 10 nitrogen and oxygen atoms in total. The topological polar surface area (TPSA) is 116 Å². The number of piperidine rings is 2. The van der Waals surface area contributed by atoms with Crippen LogP contribution in [0.1, 0.15) is 60.3 Å². The van der Waals surface area contributed by atoms with Crippen molar-refractivity contribution < 1.29 is 0 Å². The molecule has 5 heterocycles. The van der Waals surface area contributed by atoms with Crippen LogP contribution >= 0.6 is 0 Å². The molecule has 0 atom stereocenters. The maximum Gasteiger partial charge on any atom is 0.250 e. The number of aryl methyl sites for hydroxylation is 2. The first-order valence-corrected chi connectivity index (χ1v) is 12.5. The summed E-state index contributed by atoms with van der Waals surface area (Å²) in [6, 6.07) is 10.0. The van der Waals surface area contributed by atoms with Crippen molar-refractivity contribution in [2.75, 3.05) is 31.1 Å². The molecule has 10 heteroatoms. The number of benzene rings is 1. The summed E-state index contributed by atoms with van der Waals surface area (Å²) < 4.78 is 1.81. The number of tetrazole rings is 1. The minimum atomic E-state index is 0.513. The molecule has 0 bridgehead atoms. The highest BCUT2D eigenvalue weighted by molar-refractivity contribution is 5.41. The third-order valence-electron chi connectivity index (χ3n) is 7.08. The van der Waals surface area contributed by atoms with Gasteiger partial charge in [0.05, 0.1) is 29.7 Å². The number of aromatic amines is 2. The van der Waals surface area contributed by atoms with E-state index in [1.165, 1.54) is 35.6 Å². The molecule has 3 N–H and O–H groups in total. The average molecular weight is 475 g/mol. The second-order valence-corrected chi connectivity index (χ2v) is 9.34. The summed E-state index contributed by atoms with van der Waals surface area (Å²) in [5.41, 5.74) is 5.88. The Kier molecular flexibility index (Phi) is 7.17. The van der Waals surface area contributed by atoms with Gasteiger partial charge in [-0.1, -0.05) is 23.3 Å². The van der Waals surface area contributed by atoms with Crippen LogP contribution in [0.2, 0.25) is 0 Å². The van der Waals surface area contributed by atoms with Crippen LogP contribution in [0.5, 0.6) is 0 Å². The number of H-pyrrole nitrogens is 2. The van der Waals surface area contributed by atoms with Crippen molar-refractivity contribution in [3.05, 3.63) is 65.8 Å². The summed E-state index contributed by atoms with van der Waals surface area (Å²) >= 11 is 0. The van der Waals surface area contributed by atoms with E-state index in [1.807, 2.05) is 30.3 Å². The van der Waals surface area contributed by atoms with Gasteiger partial charge in [-0.05, 0) is 75.2 Å². The normalized spacial score (nSPS) is 17.3. The van der Waals surface area contributed by atoms with E-state index in [0.717, 1.165) is 50.7 Å². The molecule has 184 valence electrons. The number of nitrogens with zero attached hydrogens (tertiary/aromatic N) is 7. The standard InChI is InChI=1S/C16H19N7.C9H15N3/c1-12-15(18-11-17-12)13-7-9-22(10-8-13)16-19-20-21-23(16)14-5-3-2-4-6-14;1-7-9(12-6-11-7)8-2-4-10-5-3-8/h2-6,11,13H,7-10H2,1H3,(H,17,18);6,8,10H,2-5H2,1H3,(H,11,12). The summed E-state index contributed by atoms with van der Waals surface area (Å²) in [4.78, 5) is 17.4. The summed E-state index contributed by atoms with van der Waals surface area (Å²) in [7, 11) is 0. The van der Waals surface area contributed by atoms with Gasteiger partial charge in [-0.15, -0.1) is 0 Å². The summed E-state index contributed by atoms with van der Waals surface area (Å²) in [5, 5.41) is 15.6. The molecule has 3 aromatic heterocycles. The molecule has 2 saturated heterocycles. The highest BCUT2D eigenvalue weighted by Crippen LogP contribution is 2.30. The van der Waals surface area contributed by atoms with E-state index in [0.29, 0.717) is 11.8 Å². The van der Waals surface area contributed by atoms with Crippen molar-refractivity contribution in [3.8, 4) is 5.69 Å². The van der Waals surface area contributed by atoms with Crippen molar-refractivity contribution in [3.63, 3.8) is 0 Å². The van der Waals surface area contributed by atoms with Crippen molar-refractivity contribution in [2.45, 2.75) is 51.4 Å².